The van der Waals surface area contributed by atoms with Crippen molar-refractivity contribution < 1.29 is 14.3 Å². The van der Waals surface area contributed by atoms with Gasteiger partial charge in [0.1, 0.15) is 11.3 Å². The molecule has 0 fully saturated rings. The number of hydrogen-bond acceptors (Lipinski definition) is 6. The van der Waals surface area contributed by atoms with Gasteiger partial charge in [-0.15, -0.1) is 0 Å². The number of benzene rings is 1. The summed E-state index contributed by atoms with van der Waals surface area (Å²) >= 11 is 0. The van der Waals surface area contributed by atoms with Crippen LogP contribution in [0.25, 0.3) is 10.9 Å². The van der Waals surface area contributed by atoms with Crippen molar-refractivity contribution in [3.63, 3.8) is 0 Å². The fourth-order valence-electron chi connectivity index (χ4n) is 2.79. The zero-order valence-electron chi connectivity index (χ0n) is 13.4. The van der Waals surface area contributed by atoms with Crippen molar-refractivity contribution in [1.29, 1.82) is 0 Å². The number of rotatable bonds is 3. The van der Waals surface area contributed by atoms with Crippen LogP contribution >= 0.6 is 0 Å². The molecule has 25 heavy (non-hydrogen) atoms. The van der Waals surface area contributed by atoms with Gasteiger partial charge in [0.2, 0.25) is 0 Å². The number of fused-ring (bicyclic) bond motifs is 1. The summed E-state index contributed by atoms with van der Waals surface area (Å²) in [6.45, 7) is 1.84. The maximum atomic E-state index is 13.2. The highest BCUT2D eigenvalue weighted by atomic mass is 19.1. The second kappa shape index (κ2) is 6.10. The van der Waals surface area contributed by atoms with Crippen molar-refractivity contribution in [3.8, 4) is 5.75 Å². The van der Waals surface area contributed by atoms with Crippen LogP contribution in [0.15, 0.2) is 47.7 Å². The van der Waals surface area contributed by atoms with E-state index in [4.69, 9.17) is 4.84 Å². The summed E-state index contributed by atoms with van der Waals surface area (Å²) < 4.78 is 13.2. The summed E-state index contributed by atoms with van der Waals surface area (Å²) in [6.07, 6.45) is 3.22. The molecule has 0 aliphatic carbocycles. The number of hydrogen-bond donors (Lipinski definition) is 2. The lowest BCUT2D eigenvalue weighted by atomic mass is 10.1. The lowest BCUT2D eigenvalue weighted by molar-refractivity contribution is 0.0387. The number of hydroxylamine groups is 1. The summed E-state index contributed by atoms with van der Waals surface area (Å²) in [5.41, 5.74) is 5.22. The van der Waals surface area contributed by atoms with Crippen molar-refractivity contribution in [2.45, 2.75) is 19.6 Å². The highest BCUT2D eigenvalue weighted by molar-refractivity contribution is 6.03. The van der Waals surface area contributed by atoms with Gasteiger partial charge in [0.05, 0.1) is 0 Å². The van der Waals surface area contributed by atoms with Crippen molar-refractivity contribution in [2.24, 2.45) is 4.99 Å². The first kappa shape index (κ1) is 15.5. The molecule has 126 valence electrons. The standard InChI is InChI=1S/C18H15FN4O2/c1-10-7-13(19)5-4-11(10)8-14-22-18(23-25-14)16-17(24)15-12(9-21-16)3-2-6-20-15/h2-7,9,14,24H,8H2,1H3,(H,22,23). The Hall–Kier alpha value is -3.06. The zero-order chi connectivity index (χ0) is 17.4. The molecule has 1 aliphatic heterocycles. The first-order valence-electron chi connectivity index (χ1n) is 7.79. The van der Waals surface area contributed by atoms with Gasteiger partial charge in [-0.05, 0) is 42.3 Å². The largest absolute Gasteiger partial charge is 0.504 e. The van der Waals surface area contributed by atoms with Crippen LogP contribution in [-0.2, 0) is 11.3 Å². The molecule has 1 atom stereocenters. The van der Waals surface area contributed by atoms with Gasteiger partial charge in [0.15, 0.2) is 23.5 Å². The van der Waals surface area contributed by atoms with E-state index in [2.05, 4.69) is 20.4 Å². The van der Waals surface area contributed by atoms with E-state index in [0.717, 1.165) is 16.5 Å². The maximum Gasteiger partial charge on any atom is 0.181 e. The first-order chi connectivity index (χ1) is 12.1. The Morgan fingerprint density at radius 3 is 3.00 bits per heavy atom. The number of amidine groups is 1. The third-order valence-electron chi connectivity index (χ3n) is 4.11. The average molecular weight is 338 g/mol. The highest BCUT2D eigenvalue weighted by Crippen LogP contribution is 2.26. The minimum absolute atomic E-state index is 0.0495. The third-order valence-corrected chi connectivity index (χ3v) is 4.11. The summed E-state index contributed by atoms with van der Waals surface area (Å²) in [4.78, 5) is 18.3. The number of halogens is 1. The van der Waals surface area contributed by atoms with Crippen molar-refractivity contribution in [2.75, 3.05) is 0 Å². The molecule has 7 heteroatoms. The predicted octanol–water partition coefficient (Wildman–Crippen LogP) is 2.63. The van der Waals surface area contributed by atoms with Gasteiger partial charge in [-0.25, -0.2) is 24.7 Å². The van der Waals surface area contributed by atoms with Gasteiger partial charge >= 0.3 is 0 Å². The molecule has 0 saturated heterocycles. The van der Waals surface area contributed by atoms with Crippen LogP contribution in [0.2, 0.25) is 0 Å². The van der Waals surface area contributed by atoms with Crippen LogP contribution in [0, 0.1) is 12.7 Å². The maximum absolute atomic E-state index is 13.2. The second-order valence-electron chi connectivity index (χ2n) is 5.82. The van der Waals surface area contributed by atoms with Crippen molar-refractivity contribution >= 4 is 16.7 Å². The van der Waals surface area contributed by atoms with Crippen molar-refractivity contribution in [3.05, 3.63) is 65.4 Å². The average Bonchev–Trinajstić information content (AvgIpc) is 3.06. The molecule has 3 heterocycles. The van der Waals surface area contributed by atoms with E-state index in [9.17, 15) is 9.50 Å². The van der Waals surface area contributed by atoms with Crippen LogP contribution < -0.4 is 5.48 Å². The van der Waals surface area contributed by atoms with Gasteiger partial charge in [-0.1, -0.05) is 6.07 Å². The molecule has 4 rings (SSSR count). The molecule has 1 aliphatic rings. The van der Waals surface area contributed by atoms with E-state index < -0.39 is 6.23 Å². The molecule has 6 nitrogen and oxygen atoms in total. The minimum Gasteiger partial charge on any atom is -0.504 e. The Morgan fingerprint density at radius 2 is 2.16 bits per heavy atom. The Labute approximate surface area is 143 Å². The summed E-state index contributed by atoms with van der Waals surface area (Å²) in [5.74, 6) is 0.0232. The van der Waals surface area contributed by atoms with Gasteiger partial charge in [-0.3, -0.25) is 4.98 Å². The molecule has 0 radical (unpaired) electrons. The number of nitrogens with zero attached hydrogens (tertiary/aromatic N) is 3. The van der Waals surface area contributed by atoms with Crippen LogP contribution in [0.4, 0.5) is 4.39 Å². The Bertz CT molecular complexity index is 990. The fourth-order valence-corrected chi connectivity index (χ4v) is 2.79. The first-order valence-corrected chi connectivity index (χ1v) is 7.79. The summed E-state index contributed by atoms with van der Waals surface area (Å²) in [6, 6.07) is 8.21. The Morgan fingerprint density at radius 1 is 1.28 bits per heavy atom. The van der Waals surface area contributed by atoms with Gasteiger partial charge in [0, 0.05) is 24.2 Å². The smallest absolute Gasteiger partial charge is 0.181 e. The molecule has 0 saturated carbocycles. The van der Waals surface area contributed by atoms with Crippen LogP contribution in [0.3, 0.4) is 0 Å². The topological polar surface area (TPSA) is 79.6 Å². The van der Waals surface area contributed by atoms with Crippen molar-refractivity contribution in [1.82, 2.24) is 15.4 Å². The number of nitrogens with one attached hydrogen (secondary N) is 1. The number of pyridine rings is 2. The van der Waals surface area contributed by atoms with E-state index in [1.54, 1.807) is 24.5 Å². The summed E-state index contributed by atoms with van der Waals surface area (Å²) in [5, 5.41) is 11.2. The van der Waals surface area contributed by atoms with Gasteiger partial charge < -0.3 is 5.11 Å². The SMILES string of the molecule is Cc1cc(F)ccc1CC1N=C(c2ncc3cccnc3c2O)NO1. The molecule has 2 aromatic heterocycles. The van der Waals surface area contributed by atoms with E-state index in [0.29, 0.717) is 17.8 Å². The van der Waals surface area contributed by atoms with Gasteiger partial charge in [-0.2, -0.15) is 0 Å². The Kier molecular flexibility index (Phi) is 3.77. The van der Waals surface area contributed by atoms with E-state index in [-0.39, 0.29) is 17.3 Å². The van der Waals surface area contributed by atoms with Crippen LogP contribution in [0.1, 0.15) is 16.8 Å². The molecule has 0 amide bonds. The van der Waals surface area contributed by atoms with E-state index >= 15 is 0 Å². The highest BCUT2D eigenvalue weighted by Gasteiger charge is 2.24. The normalized spacial score (nSPS) is 16.7. The molecular formula is C18H15FN4O2. The molecule has 1 unspecified atom stereocenters. The zero-order valence-corrected chi connectivity index (χ0v) is 13.4. The number of aromatic nitrogens is 2. The monoisotopic (exact) mass is 338 g/mol. The third kappa shape index (κ3) is 2.89. The number of aromatic hydroxyl groups is 1. The fraction of sp³-hybridized carbons (Fsp3) is 0.167. The lowest BCUT2D eigenvalue weighted by Crippen LogP contribution is -2.21. The number of aliphatic imine (C=N–C) groups is 1. The Balaban J connectivity index is 1.62. The molecule has 0 bridgehead atoms. The molecular weight excluding hydrogens is 323 g/mol. The second-order valence-corrected chi connectivity index (χ2v) is 5.82. The van der Waals surface area contributed by atoms with Crippen LogP contribution in [-0.4, -0.2) is 27.1 Å². The predicted molar refractivity (Wildman–Crippen MR) is 90.6 cm³/mol. The number of aryl methyl sites for hydroxylation is 1. The summed E-state index contributed by atoms with van der Waals surface area (Å²) in [7, 11) is 0. The van der Waals surface area contributed by atoms with E-state index in [1.165, 1.54) is 12.1 Å². The minimum atomic E-state index is -0.486. The molecule has 0 spiro atoms. The molecule has 2 N–H and O–H groups in total. The molecule has 3 aromatic rings. The molecule has 1 aromatic carbocycles. The lowest BCUT2D eigenvalue weighted by Gasteiger charge is -2.08. The quantitative estimate of drug-likeness (QED) is 0.767. The van der Waals surface area contributed by atoms with Gasteiger partial charge in [0.25, 0.3) is 0 Å². The van der Waals surface area contributed by atoms with E-state index in [1.807, 2.05) is 13.0 Å². The van der Waals surface area contributed by atoms with Crippen LogP contribution in [0.5, 0.6) is 5.75 Å².